The first-order chi connectivity index (χ1) is 8.52. The van der Waals surface area contributed by atoms with Crippen LogP contribution in [0.2, 0.25) is 0 Å². The fourth-order valence-electron chi connectivity index (χ4n) is 1.82. The molecule has 0 atom stereocenters. The molecule has 0 aromatic carbocycles. The third-order valence-electron chi connectivity index (χ3n) is 2.99. The van der Waals surface area contributed by atoms with Gasteiger partial charge in [-0.2, -0.15) is 0 Å². The monoisotopic (exact) mass is 269 g/mol. The molecule has 1 rings (SSSR count). The molecule has 4 heteroatoms. The molecule has 0 spiro atoms. The SMILES string of the molecule is CCNCc1cc(CN(C)CCN(C)C)c(C)s1. The summed E-state index contributed by atoms with van der Waals surface area (Å²) in [7, 11) is 6.45. The topological polar surface area (TPSA) is 18.5 Å². The van der Waals surface area contributed by atoms with E-state index in [2.05, 4.69) is 56.2 Å². The van der Waals surface area contributed by atoms with Gasteiger partial charge in [-0.05, 0) is 46.2 Å². The maximum absolute atomic E-state index is 3.39. The van der Waals surface area contributed by atoms with Gasteiger partial charge in [0.2, 0.25) is 0 Å². The van der Waals surface area contributed by atoms with Gasteiger partial charge in [0, 0.05) is 35.9 Å². The van der Waals surface area contributed by atoms with Crippen molar-refractivity contribution in [3.8, 4) is 0 Å². The molecular formula is C14H27N3S. The molecule has 18 heavy (non-hydrogen) atoms. The van der Waals surface area contributed by atoms with E-state index in [1.54, 1.807) is 0 Å². The summed E-state index contributed by atoms with van der Waals surface area (Å²) < 4.78 is 0. The van der Waals surface area contributed by atoms with Gasteiger partial charge in [-0.3, -0.25) is 0 Å². The van der Waals surface area contributed by atoms with Gasteiger partial charge >= 0.3 is 0 Å². The molecule has 0 fully saturated rings. The second-order valence-corrected chi connectivity index (χ2v) is 6.46. The van der Waals surface area contributed by atoms with Gasteiger partial charge in [0.05, 0.1) is 0 Å². The lowest BCUT2D eigenvalue weighted by Gasteiger charge is -2.19. The average molecular weight is 269 g/mol. The molecule has 104 valence electrons. The van der Waals surface area contributed by atoms with E-state index in [1.165, 1.54) is 15.3 Å². The molecule has 3 nitrogen and oxygen atoms in total. The molecule has 1 aromatic rings. The Morgan fingerprint density at radius 3 is 2.56 bits per heavy atom. The minimum Gasteiger partial charge on any atom is -0.312 e. The summed E-state index contributed by atoms with van der Waals surface area (Å²) in [6.45, 7) is 9.71. The highest BCUT2D eigenvalue weighted by Gasteiger charge is 2.08. The first kappa shape index (κ1) is 15.6. The molecule has 0 radical (unpaired) electrons. The second kappa shape index (κ2) is 7.89. The number of hydrogen-bond acceptors (Lipinski definition) is 4. The van der Waals surface area contributed by atoms with Gasteiger partial charge in [0.15, 0.2) is 0 Å². The molecule has 0 saturated carbocycles. The zero-order valence-corrected chi connectivity index (χ0v) is 13.2. The Labute approximate surface area is 116 Å². The van der Waals surface area contributed by atoms with Crippen LogP contribution in [0.1, 0.15) is 22.2 Å². The summed E-state index contributed by atoms with van der Waals surface area (Å²) >= 11 is 1.92. The number of likely N-dealkylation sites (N-methyl/N-ethyl adjacent to an activating group) is 2. The largest absolute Gasteiger partial charge is 0.312 e. The first-order valence-electron chi connectivity index (χ1n) is 6.65. The summed E-state index contributed by atoms with van der Waals surface area (Å²) in [4.78, 5) is 7.53. The zero-order chi connectivity index (χ0) is 13.5. The number of hydrogen-bond donors (Lipinski definition) is 1. The van der Waals surface area contributed by atoms with E-state index in [0.717, 1.165) is 32.7 Å². The molecular weight excluding hydrogens is 242 g/mol. The molecule has 0 aliphatic heterocycles. The van der Waals surface area contributed by atoms with E-state index < -0.39 is 0 Å². The fraction of sp³-hybridized carbons (Fsp3) is 0.714. The van der Waals surface area contributed by atoms with Crippen LogP contribution in [-0.4, -0.2) is 50.6 Å². The Balaban J connectivity index is 2.47. The van der Waals surface area contributed by atoms with Gasteiger partial charge in [-0.25, -0.2) is 0 Å². The molecule has 0 amide bonds. The maximum atomic E-state index is 3.39. The second-order valence-electron chi connectivity index (χ2n) is 5.12. The fourth-order valence-corrected chi connectivity index (χ4v) is 2.84. The van der Waals surface area contributed by atoms with Crippen LogP contribution in [-0.2, 0) is 13.1 Å². The quantitative estimate of drug-likeness (QED) is 0.780. The number of nitrogens with zero attached hydrogens (tertiary/aromatic N) is 2. The summed E-state index contributed by atoms with van der Waals surface area (Å²) in [5.74, 6) is 0. The van der Waals surface area contributed by atoms with Crippen LogP contribution in [0, 0.1) is 6.92 Å². The Bertz CT molecular complexity index is 347. The minimum atomic E-state index is 1.00. The van der Waals surface area contributed by atoms with Crippen LogP contribution in [0.15, 0.2) is 6.07 Å². The number of nitrogens with one attached hydrogen (secondary N) is 1. The number of rotatable bonds is 8. The number of thiophene rings is 1. The van der Waals surface area contributed by atoms with E-state index in [-0.39, 0.29) is 0 Å². The van der Waals surface area contributed by atoms with Crippen molar-refractivity contribution in [1.82, 2.24) is 15.1 Å². The Morgan fingerprint density at radius 1 is 1.22 bits per heavy atom. The molecule has 0 saturated heterocycles. The summed E-state index contributed by atoms with van der Waals surface area (Å²) in [6, 6.07) is 2.36. The van der Waals surface area contributed by atoms with Gasteiger partial charge < -0.3 is 15.1 Å². The summed E-state index contributed by atoms with van der Waals surface area (Å²) in [5, 5.41) is 3.39. The van der Waals surface area contributed by atoms with Crippen molar-refractivity contribution < 1.29 is 0 Å². The Morgan fingerprint density at radius 2 is 1.94 bits per heavy atom. The Hall–Kier alpha value is -0.420. The van der Waals surface area contributed by atoms with E-state index in [4.69, 9.17) is 0 Å². The highest BCUT2D eigenvalue weighted by Crippen LogP contribution is 2.22. The maximum Gasteiger partial charge on any atom is 0.0299 e. The van der Waals surface area contributed by atoms with E-state index in [0.29, 0.717) is 0 Å². The van der Waals surface area contributed by atoms with Crippen molar-refractivity contribution in [3.05, 3.63) is 21.4 Å². The zero-order valence-electron chi connectivity index (χ0n) is 12.4. The van der Waals surface area contributed by atoms with Crippen LogP contribution in [0.3, 0.4) is 0 Å². The number of aryl methyl sites for hydroxylation is 1. The van der Waals surface area contributed by atoms with Crippen LogP contribution in [0.4, 0.5) is 0 Å². The lowest BCUT2D eigenvalue weighted by atomic mass is 10.2. The van der Waals surface area contributed by atoms with Crippen LogP contribution in [0.5, 0.6) is 0 Å². The molecule has 1 aromatic heterocycles. The molecule has 0 aliphatic carbocycles. The van der Waals surface area contributed by atoms with Crippen molar-refractivity contribution in [2.45, 2.75) is 26.9 Å². The summed E-state index contributed by atoms with van der Waals surface area (Å²) in [5.41, 5.74) is 1.48. The van der Waals surface area contributed by atoms with Crippen molar-refractivity contribution in [1.29, 1.82) is 0 Å². The molecule has 1 N–H and O–H groups in total. The van der Waals surface area contributed by atoms with Crippen LogP contribution < -0.4 is 5.32 Å². The molecule has 0 bridgehead atoms. The van der Waals surface area contributed by atoms with Gasteiger partial charge in [0.1, 0.15) is 0 Å². The van der Waals surface area contributed by atoms with Crippen molar-refractivity contribution in [2.75, 3.05) is 40.8 Å². The minimum absolute atomic E-state index is 1.00. The average Bonchev–Trinajstić information content (AvgIpc) is 2.65. The normalized spacial score (nSPS) is 11.7. The van der Waals surface area contributed by atoms with Gasteiger partial charge in [0.25, 0.3) is 0 Å². The molecule has 0 unspecified atom stereocenters. The van der Waals surface area contributed by atoms with E-state index >= 15 is 0 Å². The first-order valence-corrected chi connectivity index (χ1v) is 7.46. The molecule has 0 aliphatic rings. The predicted molar refractivity (Wildman–Crippen MR) is 81.3 cm³/mol. The van der Waals surface area contributed by atoms with Crippen molar-refractivity contribution >= 4 is 11.3 Å². The van der Waals surface area contributed by atoms with Crippen LogP contribution in [0.25, 0.3) is 0 Å². The van der Waals surface area contributed by atoms with Gasteiger partial charge in [-0.1, -0.05) is 6.92 Å². The van der Waals surface area contributed by atoms with E-state index in [9.17, 15) is 0 Å². The lowest BCUT2D eigenvalue weighted by molar-refractivity contribution is 0.276. The third kappa shape index (κ3) is 5.48. The van der Waals surface area contributed by atoms with E-state index in [1.807, 2.05) is 11.3 Å². The summed E-state index contributed by atoms with van der Waals surface area (Å²) in [6.07, 6.45) is 0. The molecule has 1 heterocycles. The standard InChI is InChI=1S/C14H27N3S/c1-6-15-10-14-9-13(12(2)18-14)11-17(5)8-7-16(3)4/h9,15H,6-8,10-11H2,1-5H3. The highest BCUT2D eigenvalue weighted by atomic mass is 32.1. The van der Waals surface area contributed by atoms with Crippen molar-refractivity contribution in [2.24, 2.45) is 0 Å². The Kier molecular flexibility index (Phi) is 6.86. The predicted octanol–water partition coefficient (Wildman–Crippen LogP) is 2.16. The van der Waals surface area contributed by atoms with Crippen LogP contribution >= 0.6 is 11.3 Å². The van der Waals surface area contributed by atoms with Gasteiger partial charge in [-0.15, -0.1) is 11.3 Å². The highest BCUT2D eigenvalue weighted by molar-refractivity contribution is 7.12. The smallest absolute Gasteiger partial charge is 0.0299 e. The third-order valence-corrected chi connectivity index (χ3v) is 4.08. The van der Waals surface area contributed by atoms with Crippen molar-refractivity contribution in [3.63, 3.8) is 0 Å². The lowest BCUT2D eigenvalue weighted by Crippen LogP contribution is -2.28.